The van der Waals surface area contributed by atoms with Crippen molar-refractivity contribution in [1.29, 1.82) is 0 Å². The first-order valence-electron chi connectivity index (χ1n) is 7.75. The molecule has 1 aromatic rings. The number of rotatable bonds is 3. The first-order valence-corrected chi connectivity index (χ1v) is 7.75. The van der Waals surface area contributed by atoms with E-state index in [1.54, 1.807) is 0 Å². The molecule has 100 valence electrons. The van der Waals surface area contributed by atoms with Crippen LogP contribution in [-0.2, 0) is 0 Å². The van der Waals surface area contributed by atoms with E-state index in [0.29, 0.717) is 5.54 Å². The van der Waals surface area contributed by atoms with Gasteiger partial charge in [0.15, 0.2) is 0 Å². The molecule has 4 fully saturated rings. The Morgan fingerprint density at radius 2 is 1.47 bits per heavy atom. The molecule has 0 spiro atoms. The normalized spacial score (nSPS) is 39.3. The fourth-order valence-corrected chi connectivity index (χ4v) is 5.30. The van der Waals surface area contributed by atoms with Crippen molar-refractivity contribution in [3.05, 3.63) is 42.5 Å². The molecule has 1 heteroatoms. The molecule has 4 aliphatic rings. The van der Waals surface area contributed by atoms with Crippen LogP contribution in [0.2, 0.25) is 0 Å². The summed E-state index contributed by atoms with van der Waals surface area (Å²) in [5.74, 6) is 2.96. The van der Waals surface area contributed by atoms with Crippen LogP contribution in [0.4, 0.5) is 0 Å². The van der Waals surface area contributed by atoms with Gasteiger partial charge in [0.05, 0.1) is 0 Å². The van der Waals surface area contributed by atoms with Crippen molar-refractivity contribution in [2.24, 2.45) is 17.8 Å². The van der Waals surface area contributed by atoms with E-state index in [1.165, 1.54) is 44.1 Å². The van der Waals surface area contributed by atoms with Crippen LogP contribution >= 0.6 is 0 Å². The third-order valence-electron chi connectivity index (χ3n) is 5.58. The summed E-state index contributed by atoms with van der Waals surface area (Å²) in [4.78, 5) is 0. The second kappa shape index (κ2) is 4.13. The Bertz CT molecular complexity index is 452. The minimum atomic E-state index is 0.377. The Morgan fingerprint density at radius 1 is 0.947 bits per heavy atom. The molecular formula is C18H23N. The molecule has 1 aromatic carbocycles. The zero-order valence-corrected chi connectivity index (χ0v) is 11.6. The van der Waals surface area contributed by atoms with Crippen molar-refractivity contribution in [3.63, 3.8) is 0 Å². The van der Waals surface area contributed by atoms with Gasteiger partial charge in [-0.2, -0.15) is 0 Å². The summed E-state index contributed by atoms with van der Waals surface area (Å²) in [5.41, 5.74) is 2.75. The molecule has 4 saturated carbocycles. The average Bonchev–Trinajstić information content (AvgIpc) is 2.37. The molecule has 0 atom stereocenters. The second-order valence-corrected chi connectivity index (χ2v) is 7.17. The predicted octanol–water partition coefficient (Wildman–Crippen LogP) is 4.22. The fraction of sp³-hybridized carbons (Fsp3) is 0.556. The maximum absolute atomic E-state index is 4.29. The highest BCUT2D eigenvalue weighted by molar-refractivity contribution is 5.62. The lowest BCUT2D eigenvalue weighted by atomic mass is 9.53. The Balaban J connectivity index is 1.55. The summed E-state index contributed by atoms with van der Waals surface area (Å²) in [6.45, 7) is 4.29. The molecule has 19 heavy (non-hydrogen) atoms. The highest BCUT2D eigenvalue weighted by atomic mass is 15.0. The van der Waals surface area contributed by atoms with Gasteiger partial charge >= 0.3 is 0 Å². The molecule has 0 radical (unpaired) electrons. The van der Waals surface area contributed by atoms with Gasteiger partial charge in [0.2, 0.25) is 0 Å². The maximum atomic E-state index is 4.29. The van der Waals surface area contributed by atoms with Crippen LogP contribution in [0.3, 0.4) is 0 Å². The van der Waals surface area contributed by atoms with Crippen LogP contribution in [0.5, 0.6) is 0 Å². The lowest BCUT2D eigenvalue weighted by Crippen LogP contribution is -2.57. The van der Waals surface area contributed by atoms with Crippen molar-refractivity contribution in [2.45, 2.75) is 44.1 Å². The standard InChI is InChI=1S/C18H23N/c1-13(17-5-3-2-4-6-17)19-18-10-14-7-15(11-18)9-16(8-14)12-18/h2-6,14-16,19H,1,7-12H2. The van der Waals surface area contributed by atoms with Gasteiger partial charge in [0.25, 0.3) is 0 Å². The van der Waals surface area contributed by atoms with Crippen LogP contribution < -0.4 is 5.32 Å². The van der Waals surface area contributed by atoms with Gasteiger partial charge in [-0.05, 0) is 61.8 Å². The van der Waals surface area contributed by atoms with E-state index < -0.39 is 0 Å². The average molecular weight is 253 g/mol. The third-order valence-corrected chi connectivity index (χ3v) is 5.58. The van der Waals surface area contributed by atoms with Crippen LogP contribution in [0.25, 0.3) is 5.70 Å². The summed E-state index contributed by atoms with van der Waals surface area (Å²) < 4.78 is 0. The van der Waals surface area contributed by atoms with E-state index in [4.69, 9.17) is 0 Å². The van der Waals surface area contributed by atoms with E-state index in [0.717, 1.165) is 23.5 Å². The summed E-state index contributed by atoms with van der Waals surface area (Å²) in [6, 6.07) is 10.6. The van der Waals surface area contributed by atoms with Crippen LogP contribution in [0.15, 0.2) is 36.9 Å². The lowest BCUT2D eigenvalue weighted by Gasteiger charge is -2.57. The summed E-state index contributed by atoms with van der Waals surface area (Å²) >= 11 is 0. The van der Waals surface area contributed by atoms with Crippen LogP contribution in [0.1, 0.15) is 44.1 Å². The van der Waals surface area contributed by atoms with E-state index in [1.807, 2.05) is 0 Å². The molecule has 0 unspecified atom stereocenters. The number of benzene rings is 1. The number of hydrogen-bond acceptors (Lipinski definition) is 1. The molecule has 0 saturated heterocycles. The van der Waals surface area contributed by atoms with Gasteiger partial charge < -0.3 is 5.32 Å². The van der Waals surface area contributed by atoms with Crippen molar-refractivity contribution >= 4 is 5.70 Å². The summed E-state index contributed by atoms with van der Waals surface area (Å²) in [7, 11) is 0. The van der Waals surface area contributed by atoms with Gasteiger partial charge in [-0.25, -0.2) is 0 Å². The topological polar surface area (TPSA) is 12.0 Å². The first kappa shape index (κ1) is 11.6. The highest BCUT2D eigenvalue weighted by Crippen LogP contribution is 2.56. The van der Waals surface area contributed by atoms with Crippen molar-refractivity contribution < 1.29 is 0 Å². The maximum Gasteiger partial charge on any atom is 0.0381 e. The predicted molar refractivity (Wildman–Crippen MR) is 79.5 cm³/mol. The minimum absolute atomic E-state index is 0.377. The van der Waals surface area contributed by atoms with Gasteiger partial charge in [-0.1, -0.05) is 36.9 Å². The Kier molecular flexibility index (Phi) is 2.51. The Morgan fingerprint density at radius 3 is 2.00 bits per heavy atom. The Labute approximate surface area is 116 Å². The highest BCUT2D eigenvalue weighted by Gasteiger charge is 2.50. The summed E-state index contributed by atoms with van der Waals surface area (Å²) in [6.07, 6.45) is 8.64. The zero-order valence-electron chi connectivity index (χ0n) is 11.6. The summed E-state index contributed by atoms with van der Waals surface area (Å²) in [5, 5.41) is 3.85. The minimum Gasteiger partial charge on any atom is -0.380 e. The quantitative estimate of drug-likeness (QED) is 0.850. The number of nitrogens with one attached hydrogen (secondary N) is 1. The van der Waals surface area contributed by atoms with Crippen molar-refractivity contribution in [3.8, 4) is 0 Å². The third kappa shape index (κ3) is 2.00. The largest absolute Gasteiger partial charge is 0.380 e. The van der Waals surface area contributed by atoms with Crippen LogP contribution in [0, 0.1) is 17.8 Å². The number of hydrogen-bond donors (Lipinski definition) is 1. The fourth-order valence-electron chi connectivity index (χ4n) is 5.30. The van der Waals surface area contributed by atoms with E-state index in [2.05, 4.69) is 42.2 Å². The monoisotopic (exact) mass is 253 g/mol. The van der Waals surface area contributed by atoms with E-state index in [9.17, 15) is 0 Å². The lowest BCUT2D eigenvalue weighted by molar-refractivity contribution is -0.0114. The molecule has 4 aliphatic carbocycles. The molecule has 0 heterocycles. The van der Waals surface area contributed by atoms with Gasteiger partial charge in [0.1, 0.15) is 0 Å². The SMILES string of the molecule is C=C(NC12CC3CC(CC(C3)C1)C2)c1ccccc1. The smallest absolute Gasteiger partial charge is 0.0381 e. The second-order valence-electron chi connectivity index (χ2n) is 7.17. The first-order chi connectivity index (χ1) is 9.22. The molecular weight excluding hydrogens is 230 g/mol. The van der Waals surface area contributed by atoms with Crippen molar-refractivity contribution in [2.75, 3.05) is 0 Å². The molecule has 0 aromatic heterocycles. The molecule has 4 bridgehead atoms. The van der Waals surface area contributed by atoms with E-state index >= 15 is 0 Å². The van der Waals surface area contributed by atoms with Gasteiger partial charge in [0, 0.05) is 11.2 Å². The molecule has 5 rings (SSSR count). The molecule has 1 N–H and O–H groups in total. The van der Waals surface area contributed by atoms with Gasteiger partial charge in [-0.3, -0.25) is 0 Å². The van der Waals surface area contributed by atoms with Crippen LogP contribution in [-0.4, -0.2) is 5.54 Å². The van der Waals surface area contributed by atoms with Gasteiger partial charge in [-0.15, -0.1) is 0 Å². The Hall–Kier alpha value is -1.24. The van der Waals surface area contributed by atoms with Crippen molar-refractivity contribution in [1.82, 2.24) is 5.32 Å². The van der Waals surface area contributed by atoms with E-state index in [-0.39, 0.29) is 0 Å². The molecule has 0 aliphatic heterocycles. The molecule has 1 nitrogen and oxygen atoms in total. The zero-order chi connectivity index (χ0) is 12.9. The molecule has 0 amide bonds.